The fourth-order valence-corrected chi connectivity index (χ4v) is 5.17. The third kappa shape index (κ3) is 4.34. The van der Waals surface area contributed by atoms with Gasteiger partial charge in [0.2, 0.25) is 5.78 Å². The molecule has 30 heavy (non-hydrogen) atoms. The van der Waals surface area contributed by atoms with E-state index in [2.05, 4.69) is 66.0 Å². The number of ketones is 1. The number of aromatic nitrogens is 1. The van der Waals surface area contributed by atoms with Crippen molar-refractivity contribution in [2.45, 2.75) is 56.8 Å². The maximum Gasteiger partial charge on any atom is 0.201 e. The zero-order valence-corrected chi connectivity index (χ0v) is 18.4. The molecule has 2 aliphatic heterocycles. The van der Waals surface area contributed by atoms with Gasteiger partial charge in [0.1, 0.15) is 5.69 Å². The van der Waals surface area contributed by atoms with Crippen molar-refractivity contribution >= 4 is 5.78 Å². The number of benzene rings is 1. The molecule has 5 heteroatoms. The van der Waals surface area contributed by atoms with Gasteiger partial charge in [-0.3, -0.25) is 19.6 Å². The minimum atomic E-state index is -0.543. The van der Waals surface area contributed by atoms with Crippen LogP contribution in [0.1, 0.15) is 49.2 Å². The van der Waals surface area contributed by atoms with Gasteiger partial charge in [-0.15, -0.1) is 0 Å². The van der Waals surface area contributed by atoms with Crippen LogP contribution in [-0.2, 0) is 11.3 Å². The number of carbonyl (C=O) groups is 1. The highest BCUT2D eigenvalue weighted by Crippen LogP contribution is 2.40. The molecule has 2 aliphatic rings. The lowest BCUT2D eigenvalue weighted by atomic mass is 9.76. The van der Waals surface area contributed by atoms with Crippen molar-refractivity contribution < 1.29 is 9.53 Å². The van der Waals surface area contributed by atoms with Crippen molar-refractivity contribution in [1.82, 2.24) is 14.8 Å². The smallest absolute Gasteiger partial charge is 0.201 e. The van der Waals surface area contributed by atoms with Crippen molar-refractivity contribution in [2.75, 3.05) is 26.7 Å². The highest BCUT2D eigenvalue weighted by Gasteiger charge is 2.52. The number of Topliss-reactive ketones (excluding diaryl/α,β-unsaturated/α-hetero) is 1. The summed E-state index contributed by atoms with van der Waals surface area (Å²) in [6, 6.07) is 16.6. The molecule has 0 N–H and O–H groups in total. The van der Waals surface area contributed by atoms with Crippen LogP contribution in [0, 0.1) is 0 Å². The summed E-state index contributed by atoms with van der Waals surface area (Å²) in [5.74, 6) is 0.144. The van der Waals surface area contributed by atoms with Gasteiger partial charge in [0.05, 0.1) is 11.1 Å². The minimum Gasteiger partial charge on any atom is -0.375 e. The Kier molecular flexibility index (Phi) is 6.05. The van der Waals surface area contributed by atoms with Gasteiger partial charge in [-0.2, -0.15) is 0 Å². The molecule has 0 unspecified atom stereocenters. The van der Waals surface area contributed by atoms with Crippen molar-refractivity contribution in [2.24, 2.45) is 0 Å². The van der Waals surface area contributed by atoms with E-state index in [1.165, 1.54) is 5.56 Å². The van der Waals surface area contributed by atoms with Crippen LogP contribution in [0.4, 0.5) is 0 Å². The predicted octanol–water partition coefficient (Wildman–Crippen LogP) is 3.80. The summed E-state index contributed by atoms with van der Waals surface area (Å²) in [4.78, 5) is 23.1. The van der Waals surface area contributed by atoms with Gasteiger partial charge in [0.15, 0.2) is 0 Å². The van der Waals surface area contributed by atoms with E-state index < -0.39 is 5.54 Å². The fourth-order valence-electron chi connectivity index (χ4n) is 5.17. The number of hydrogen-bond acceptors (Lipinski definition) is 5. The summed E-state index contributed by atoms with van der Waals surface area (Å²) in [5, 5.41) is 0. The molecule has 1 aromatic carbocycles. The Balaban J connectivity index is 1.55. The van der Waals surface area contributed by atoms with Crippen LogP contribution in [0.5, 0.6) is 0 Å². The molecule has 1 aromatic heterocycles. The summed E-state index contributed by atoms with van der Waals surface area (Å²) in [6.07, 6.45) is 4.21. The van der Waals surface area contributed by atoms with E-state index in [9.17, 15) is 4.79 Å². The van der Waals surface area contributed by atoms with Crippen LogP contribution in [0.3, 0.4) is 0 Å². The van der Waals surface area contributed by atoms with E-state index in [1.54, 1.807) is 6.20 Å². The summed E-state index contributed by atoms with van der Waals surface area (Å²) >= 11 is 0. The van der Waals surface area contributed by atoms with Gasteiger partial charge >= 0.3 is 0 Å². The van der Waals surface area contributed by atoms with Crippen molar-refractivity contribution in [3.63, 3.8) is 0 Å². The Morgan fingerprint density at radius 1 is 1.20 bits per heavy atom. The Bertz CT molecular complexity index is 855. The Hall–Kier alpha value is -2.08. The molecule has 0 spiro atoms. The number of likely N-dealkylation sites (tertiary alicyclic amines) is 1. The van der Waals surface area contributed by atoms with Crippen molar-refractivity contribution in [3.05, 3.63) is 66.0 Å². The van der Waals surface area contributed by atoms with Crippen LogP contribution in [-0.4, -0.2) is 64.5 Å². The standard InChI is InChI=1S/C25H33N3O2/c1-24(2)19-25(13-16-30-24,23(29)22-11-7-8-14-26-22)28-15-12-21(18-28)27(3)17-20-9-5-4-6-10-20/h4-11,14,21H,12-13,15-19H2,1-3H3/t21-,25+/m1/s1. The lowest BCUT2D eigenvalue weighted by Gasteiger charge is -2.48. The van der Waals surface area contributed by atoms with E-state index in [-0.39, 0.29) is 11.4 Å². The van der Waals surface area contributed by atoms with Gasteiger partial charge in [-0.1, -0.05) is 36.4 Å². The molecule has 2 atom stereocenters. The molecule has 0 radical (unpaired) electrons. The zero-order chi connectivity index (χ0) is 21.2. The number of carbonyl (C=O) groups excluding carboxylic acids is 1. The quantitative estimate of drug-likeness (QED) is 0.682. The van der Waals surface area contributed by atoms with E-state index in [0.717, 1.165) is 32.5 Å². The van der Waals surface area contributed by atoms with E-state index in [1.807, 2.05) is 18.2 Å². The number of nitrogens with zero attached hydrogens (tertiary/aromatic N) is 3. The second-order valence-electron chi connectivity index (χ2n) is 9.40. The lowest BCUT2D eigenvalue weighted by Crippen LogP contribution is -2.61. The van der Waals surface area contributed by atoms with Crippen LogP contribution < -0.4 is 0 Å². The molecule has 0 bridgehead atoms. The lowest BCUT2D eigenvalue weighted by molar-refractivity contribution is -0.104. The highest BCUT2D eigenvalue weighted by molar-refractivity contribution is 6.02. The summed E-state index contributed by atoms with van der Waals surface area (Å²) < 4.78 is 6.01. The van der Waals surface area contributed by atoms with Gasteiger partial charge in [0.25, 0.3) is 0 Å². The molecule has 0 aliphatic carbocycles. The number of hydrogen-bond donors (Lipinski definition) is 0. The monoisotopic (exact) mass is 407 g/mol. The molecule has 2 fully saturated rings. The molecule has 4 rings (SSSR count). The van der Waals surface area contributed by atoms with Gasteiger partial charge in [-0.25, -0.2) is 0 Å². The first-order chi connectivity index (χ1) is 14.4. The summed E-state index contributed by atoms with van der Waals surface area (Å²) in [6.45, 7) is 7.56. The molecule has 5 nitrogen and oxygen atoms in total. The average Bonchev–Trinajstić information content (AvgIpc) is 3.25. The van der Waals surface area contributed by atoms with Crippen LogP contribution in [0.25, 0.3) is 0 Å². The molecule has 3 heterocycles. The third-order valence-electron chi connectivity index (χ3n) is 6.71. The van der Waals surface area contributed by atoms with Gasteiger partial charge < -0.3 is 4.74 Å². The largest absolute Gasteiger partial charge is 0.375 e. The summed E-state index contributed by atoms with van der Waals surface area (Å²) in [7, 11) is 2.20. The fraction of sp³-hybridized carbons (Fsp3) is 0.520. The van der Waals surface area contributed by atoms with Crippen LogP contribution >= 0.6 is 0 Å². The molecule has 0 saturated carbocycles. The SMILES string of the molecule is CN(Cc1ccccc1)[C@@H]1CCN([C@@]2(C(=O)c3ccccn3)CCOC(C)(C)C2)C1. The van der Waals surface area contributed by atoms with E-state index >= 15 is 0 Å². The molecule has 2 saturated heterocycles. The molecule has 2 aromatic rings. The number of rotatable bonds is 6. The number of ether oxygens (including phenoxy) is 1. The molecular formula is C25H33N3O2. The van der Waals surface area contributed by atoms with Gasteiger partial charge in [-0.05, 0) is 51.4 Å². The Morgan fingerprint density at radius 2 is 1.97 bits per heavy atom. The van der Waals surface area contributed by atoms with Crippen LogP contribution in [0.15, 0.2) is 54.7 Å². The second-order valence-corrected chi connectivity index (χ2v) is 9.40. The molecule has 0 amide bonds. The van der Waals surface area contributed by atoms with Crippen molar-refractivity contribution in [1.29, 1.82) is 0 Å². The van der Waals surface area contributed by atoms with E-state index in [4.69, 9.17) is 4.74 Å². The minimum absolute atomic E-state index is 0.144. The zero-order valence-electron chi connectivity index (χ0n) is 18.4. The maximum absolute atomic E-state index is 13.8. The topological polar surface area (TPSA) is 45.7 Å². The van der Waals surface area contributed by atoms with Crippen LogP contribution in [0.2, 0.25) is 0 Å². The first-order valence-electron chi connectivity index (χ1n) is 11.0. The molecule has 160 valence electrons. The van der Waals surface area contributed by atoms with Gasteiger partial charge in [0, 0.05) is 44.9 Å². The normalized spacial score (nSPS) is 26.7. The number of likely N-dealkylation sites (N-methyl/N-ethyl adjacent to an activating group) is 1. The third-order valence-corrected chi connectivity index (χ3v) is 6.71. The Morgan fingerprint density at radius 3 is 2.67 bits per heavy atom. The maximum atomic E-state index is 13.8. The predicted molar refractivity (Wildman–Crippen MR) is 118 cm³/mol. The summed E-state index contributed by atoms with van der Waals surface area (Å²) in [5.41, 5.74) is 1.02. The number of pyridine rings is 1. The first-order valence-corrected chi connectivity index (χ1v) is 11.0. The Labute approximate surface area is 180 Å². The second kappa shape index (κ2) is 8.58. The van der Waals surface area contributed by atoms with E-state index in [0.29, 0.717) is 24.8 Å². The average molecular weight is 408 g/mol. The van der Waals surface area contributed by atoms with Crippen molar-refractivity contribution in [3.8, 4) is 0 Å². The molecular weight excluding hydrogens is 374 g/mol. The highest BCUT2D eigenvalue weighted by atomic mass is 16.5. The first kappa shape index (κ1) is 21.2.